The van der Waals surface area contributed by atoms with E-state index < -0.39 is 5.54 Å². The van der Waals surface area contributed by atoms with E-state index in [1.165, 1.54) is 16.3 Å². The third-order valence-electron chi connectivity index (χ3n) is 4.72. The van der Waals surface area contributed by atoms with Gasteiger partial charge < -0.3 is 14.2 Å². The molecule has 0 fully saturated rings. The van der Waals surface area contributed by atoms with E-state index in [2.05, 4.69) is 56.3 Å². The van der Waals surface area contributed by atoms with E-state index in [4.69, 9.17) is 19.2 Å². The molecule has 0 unspecified atom stereocenters. The highest BCUT2D eigenvalue weighted by atomic mass is 16.5. The molecule has 0 aliphatic rings. The molecule has 0 aliphatic heterocycles. The smallest absolute Gasteiger partial charge is 0.135 e. The molecule has 3 rings (SSSR count). The fourth-order valence-corrected chi connectivity index (χ4v) is 3.21. The molecule has 0 aliphatic carbocycles. The van der Waals surface area contributed by atoms with Crippen molar-refractivity contribution in [3.05, 3.63) is 65.7 Å². The van der Waals surface area contributed by atoms with Crippen molar-refractivity contribution in [1.29, 1.82) is 0 Å². The first-order valence-electron chi connectivity index (χ1n) is 8.83. The molecule has 0 saturated carbocycles. The summed E-state index contributed by atoms with van der Waals surface area (Å²) < 4.78 is 16.4. The minimum atomic E-state index is -0.420. The van der Waals surface area contributed by atoms with Crippen LogP contribution in [-0.4, -0.2) is 27.5 Å². The maximum atomic E-state index is 5.52. The Bertz CT molecular complexity index is 946. The van der Waals surface area contributed by atoms with Gasteiger partial charge in [-0.05, 0) is 30.2 Å². The van der Waals surface area contributed by atoms with Gasteiger partial charge in [-0.1, -0.05) is 42.5 Å². The maximum Gasteiger partial charge on any atom is 0.135 e. The van der Waals surface area contributed by atoms with E-state index in [1.54, 1.807) is 21.3 Å². The van der Waals surface area contributed by atoms with Gasteiger partial charge in [-0.2, -0.15) is 0 Å². The van der Waals surface area contributed by atoms with Gasteiger partial charge in [-0.25, -0.2) is 0 Å². The molecule has 0 atom stereocenters. The molecular formula is C23H25NO3. The second-order valence-corrected chi connectivity index (χ2v) is 6.79. The average Bonchev–Trinajstić information content (AvgIpc) is 2.71. The van der Waals surface area contributed by atoms with Gasteiger partial charge in [0, 0.05) is 18.3 Å². The Morgan fingerprint density at radius 3 is 2.07 bits per heavy atom. The predicted molar refractivity (Wildman–Crippen MR) is 111 cm³/mol. The number of hydrogen-bond donors (Lipinski definition) is 0. The Hall–Kier alpha value is -3.01. The number of rotatable bonds is 6. The van der Waals surface area contributed by atoms with Crippen LogP contribution in [0.25, 0.3) is 10.8 Å². The number of benzene rings is 3. The molecule has 27 heavy (non-hydrogen) atoms. The van der Waals surface area contributed by atoms with Crippen LogP contribution in [0.15, 0.2) is 59.6 Å². The quantitative estimate of drug-likeness (QED) is 0.564. The summed E-state index contributed by atoms with van der Waals surface area (Å²) in [4.78, 5) is 4.89. The Balaban J connectivity index is 2.07. The SMILES string of the molecule is COc1cc(OC)c(C=NC(C)(C)c2cccc3ccccc23)c(OC)c1. The van der Waals surface area contributed by atoms with Crippen molar-refractivity contribution >= 4 is 17.0 Å². The molecule has 0 amide bonds. The van der Waals surface area contributed by atoms with Crippen molar-refractivity contribution < 1.29 is 14.2 Å². The average molecular weight is 363 g/mol. The van der Waals surface area contributed by atoms with Crippen LogP contribution in [0.4, 0.5) is 0 Å². The molecule has 4 nitrogen and oxygen atoms in total. The van der Waals surface area contributed by atoms with Crippen LogP contribution in [0.1, 0.15) is 25.0 Å². The summed E-state index contributed by atoms with van der Waals surface area (Å²) in [5.74, 6) is 1.99. The molecular weight excluding hydrogens is 338 g/mol. The molecule has 0 aromatic heterocycles. The van der Waals surface area contributed by atoms with E-state index >= 15 is 0 Å². The lowest BCUT2D eigenvalue weighted by atomic mass is 9.90. The Morgan fingerprint density at radius 1 is 0.815 bits per heavy atom. The minimum Gasteiger partial charge on any atom is -0.496 e. The van der Waals surface area contributed by atoms with E-state index in [1.807, 2.05) is 18.3 Å². The van der Waals surface area contributed by atoms with Gasteiger partial charge in [0.15, 0.2) is 0 Å². The lowest BCUT2D eigenvalue weighted by Crippen LogP contribution is -2.15. The van der Waals surface area contributed by atoms with Gasteiger partial charge in [-0.15, -0.1) is 0 Å². The van der Waals surface area contributed by atoms with E-state index in [0.717, 1.165) is 5.56 Å². The molecule has 0 saturated heterocycles. The van der Waals surface area contributed by atoms with E-state index in [0.29, 0.717) is 17.2 Å². The van der Waals surface area contributed by atoms with E-state index in [9.17, 15) is 0 Å². The van der Waals surface area contributed by atoms with Crippen molar-refractivity contribution in [1.82, 2.24) is 0 Å². The summed E-state index contributed by atoms with van der Waals surface area (Å²) in [6, 6.07) is 18.3. The highest BCUT2D eigenvalue weighted by Crippen LogP contribution is 2.35. The lowest BCUT2D eigenvalue weighted by Gasteiger charge is -2.23. The number of hydrogen-bond acceptors (Lipinski definition) is 4. The summed E-state index contributed by atoms with van der Waals surface area (Å²) in [7, 11) is 4.87. The van der Waals surface area contributed by atoms with Crippen LogP contribution in [0.3, 0.4) is 0 Å². The summed E-state index contributed by atoms with van der Waals surface area (Å²) >= 11 is 0. The van der Waals surface area contributed by atoms with Crippen molar-refractivity contribution in [3.8, 4) is 17.2 Å². The lowest BCUT2D eigenvalue weighted by molar-refractivity contribution is 0.374. The fraction of sp³-hybridized carbons (Fsp3) is 0.261. The summed E-state index contributed by atoms with van der Waals surface area (Å²) in [5, 5.41) is 2.41. The highest BCUT2D eigenvalue weighted by molar-refractivity contribution is 5.90. The van der Waals surface area contributed by atoms with Gasteiger partial charge in [0.1, 0.15) is 17.2 Å². The minimum absolute atomic E-state index is 0.420. The summed E-state index contributed by atoms with van der Waals surface area (Å²) in [6.07, 6.45) is 1.82. The largest absolute Gasteiger partial charge is 0.496 e. The maximum absolute atomic E-state index is 5.52. The number of nitrogens with zero attached hydrogens (tertiary/aromatic N) is 1. The number of ether oxygens (including phenoxy) is 3. The highest BCUT2D eigenvalue weighted by Gasteiger charge is 2.22. The molecule has 4 heteroatoms. The molecule has 0 bridgehead atoms. The summed E-state index contributed by atoms with van der Waals surface area (Å²) in [6.45, 7) is 4.21. The second kappa shape index (κ2) is 7.70. The Kier molecular flexibility index (Phi) is 5.36. The zero-order chi connectivity index (χ0) is 19.4. The van der Waals surface area contributed by atoms with Crippen molar-refractivity contribution in [2.45, 2.75) is 19.4 Å². The molecule has 140 valence electrons. The molecule has 0 spiro atoms. The first kappa shape index (κ1) is 18.8. The van der Waals surface area contributed by atoms with Crippen LogP contribution >= 0.6 is 0 Å². The monoisotopic (exact) mass is 363 g/mol. The molecule has 3 aromatic rings. The first-order chi connectivity index (χ1) is 13.0. The Labute approximate surface area is 160 Å². The van der Waals surface area contributed by atoms with Gasteiger partial charge in [0.2, 0.25) is 0 Å². The van der Waals surface area contributed by atoms with Crippen molar-refractivity contribution in [2.24, 2.45) is 4.99 Å². The number of aliphatic imine (C=N–C) groups is 1. The standard InChI is InChI=1S/C23H25NO3/c1-23(2,20-12-8-10-16-9-6-7-11-18(16)20)24-15-19-21(26-4)13-17(25-3)14-22(19)27-5/h6-15H,1-5H3. The van der Waals surface area contributed by atoms with Crippen LogP contribution in [-0.2, 0) is 5.54 Å². The second-order valence-electron chi connectivity index (χ2n) is 6.79. The van der Waals surface area contributed by atoms with Crippen LogP contribution in [0.2, 0.25) is 0 Å². The third-order valence-corrected chi connectivity index (χ3v) is 4.72. The summed E-state index contributed by atoms with van der Waals surface area (Å²) in [5.41, 5.74) is 1.54. The number of fused-ring (bicyclic) bond motifs is 1. The zero-order valence-corrected chi connectivity index (χ0v) is 16.4. The van der Waals surface area contributed by atoms with Gasteiger partial charge in [0.25, 0.3) is 0 Å². The third kappa shape index (κ3) is 3.75. The van der Waals surface area contributed by atoms with Crippen LogP contribution in [0, 0.1) is 0 Å². The van der Waals surface area contributed by atoms with Crippen molar-refractivity contribution in [2.75, 3.05) is 21.3 Å². The predicted octanol–water partition coefficient (Wildman–Crippen LogP) is 5.22. The van der Waals surface area contributed by atoms with Gasteiger partial charge >= 0.3 is 0 Å². The van der Waals surface area contributed by atoms with Gasteiger partial charge in [-0.3, -0.25) is 4.99 Å². The Morgan fingerprint density at radius 2 is 1.44 bits per heavy atom. The van der Waals surface area contributed by atoms with E-state index in [-0.39, 0.29) is 0 Å². The first-order valence-corrected chi connectivity index (χ1v) is 8.83. The zero-order valence-electron chi connectivity index (χ0n) is 16.4. The molecule has 3 aromatic carbocycles. The molecule has 0 heterocycles. The topological polar surface area (TPSA) is 40.0 Å². The van der Waals surface area contributed by atoms with Crippen molar-refractivity contribution in [3.63, 3.8) is 0 Å². The molecule has 0 radical (unpaired) electrons. The fourth-order valence-electron chi connectivity index (χ4n) is 3.21. The van der Waals surface area contributed by atoms with Gasteiger partial charge in [0.05, 0.1) is 32.4 Å². The normalized spacial score (nSPS) is 11.7. The van der Waals surface area contributed by atoms with Crippen LogP contribution < -0.4 is 14.2 Å². The molecule has 0 N–H and O–H groups in total. The van der Waals surface area contributed by atoms with Crippen LogP contribution in [0.5, 0.6) is 17.2 Å². The number of methoxy groups -OCH3 is 3.